The second kappa shape index (κ2) is 3.53. The summed E-state index contributed by atoms with van der Waals surface area (Å²) in [5.41, 5.74) is 5.50. The lowest BCUT2D eigenvalue weighted by atomic mass is 10.4. The van der Waals surface area contributed by atoms with Crippen LogP contribution in [0.4, 0.5) is 5.82 Å². The maximum atomic E-state index is 5.50. The summed E-state index contributed by atoms with van der Waals surface area (Å²) >= 11 is 0. The van der Waals surface area contributed by atoms with Crippen LogP contribution in [0.1, 0.15) is 5.82 Å². The number of hydrogen-bond acceptors (Lipinski definition) is 3. The molecule has 0 aliphatic carbocycles. The standard InChI is InChI=1S/C9H13N5/c1-13-5-3-11-9(13)2-4-14-6-8(10)12-7-14/h3,5-7H,2,4,10H2,1H3. The molecule has 0 aliphatic rings. The van der Waals surface area contributed by atoms with Crippen molar-refractivity contribution in [2.24, 2.45) is 7.05 Å². The summed E-state index contributed by atoms with van der Waals surface area (Å²) in [5, 5.41) is 0. The highest BCUT2D eigenvalue weighted by Gasteiger charge is 1.99. The van der Waals surface area contributed by atoms with Crippen LogP contribution < -0.4 is 5.73 Å². The molecule has 0 amide bonds. The molecule has 0 saturated carbocycles. The molecule has 0 radical (unpaired) electrons. The van der Waals surface area contributed by atoms with E-state index < -0.39 is 0 Å². The summed E-state index contributed by atoms with van der Waals surface area (Å²) in [6.07, 6.45) is 8.19. The van der Waals surface area contributed by atoms with Gasteiger partial charge in [0.05, 0.1) is 6.33 Å². The molecule has 14 heavy (non-hydrogen) atoms. The van der Waals surface area contributed by atoms with Gasteiger partial charge in [0, 0.05) is 38.6 Å². The van der Waals surface area contributed by atoms with E-state index in [2.05, 4.69) is 9.97 Å². The van der Waals surface area contributed by atoms with Gasteiger partial charge in [0.15, 0.2) is 0 Å². The van der Waals surface area contributed by atoms with Crippen molar-refractivity contribution in [1.29, 1.82) is 0 Å². The molecule has 0 aliphatic heterocycles. The predicted octanol–water partition coefficient (Wildman–Crippen LogP) is 0.441. The summed E-state index contributed by atoms with van der Waals surface area (Å²) in [4.78, 5) is 8.19. The third kappa shape index (κ3) is 1.76. The van der Waals surface area contributed by atoms with Crippen LogP contribution >= 0.6 is 0 Å². The van der Waals surface area contributed by atoms with E-state index in [9.17, 15) is 0 Å². The zero-order valence-corrected chi connectivity index (χ0v) is 8.09. The Morgan fingerprint density at radius 2 is 2.29 bits per heavy atom. The zero-order valence-electron chi connectivity index (χ0n) is 8.09. The Kier molecular flexibility index (Phi) is 2.22. The quantitative estimate of drug-likeness (QED) is 0.765. The average molecular weight is 191 g/mol. The summed E-state index contributed by atoms with van der Waals surface area (Å²) in [7, 11) is 1.99. The zero-order chi connectivity index (χ0) is 9.97. The Labute approximate surface area is 82.2 Å². The van der Waals surface area contributed by atoms with Crippen LogP contribution in [0.2, 0.25) is 0 Å². The number of imidazole rings is 2. The molecule has 2 heterocycles. The Morgan fingerprint density at radius 1 is 1.43 bits per heavy atom. The lowest BCUT2D eigenvalue weighted by Crippen LogP contribution is -2.03. The van der Waals surface area contributed by atoms with E-state index >= 15 is 0 Å². The number of aromatic nitrogens is 4. The number of nitrogen functional groups attached to an aromatic ring is 1. The SMILES string of the molecule is Cn1ccnc1CCn1cnc(N)c1. The molecule has 0 saturated heterocycles. The van der Waals surface area contributed by atoms with Crippen molar-refractivity contribution in [2.75, 3.05) is 5.73 Å². The van der Waals surface area contributed by atoms with Crippen LogP contribution in [-0.2, 0) is 20.0 Å². The third-order valence-corrected chi connectivity index (χ3v) is 2.17. The fourth-order valence-electron chi connectivity index (χ4n) is 1.37. The van der Waals surface area contributed by atoms with Gasteiger partial charge < -0.3 is 14.9 Å². The largest absolute Gasteiger partial charge is 0.382 e. The molecule has 2 rings (SSSR count). The number of anilines is 1. The van der Waals surface area contributed by atoms with E-state index in [0.717, 1.165) is 18.8 Å². The Hall–Kier alpha value is -1.78. The smallest absolute Gasteiger partial charge is 0.141 e. The summed E-state index contributed by atoms with van der Waals surface area (Å²) < 4.78 is 3.98. The highest BCUT2D eigenvalue weighted by atomic mass is 15.1. The first-order valence-electron chi connectivity index (χ1n) is 4.49. The normalized spacial score (nSPS) is 10.6. The molecule has 0 atom stereocenters. The van der Waals surface area contributed by atoms with E-state index in [1.54, 1.807) is 12.5 Å². The van der Waals surface area contributed by atoms with Crippen molar-refractivity contribution in [3.63, 3.8) is 0 Å². The minimum absolute atomic E-state index is 0.560. The Bertz CT molecular complexity index is 414. The maximum absolute atomic E-state index is 5.50. The summed E-state index contributed by atoms with van der Waals surface area (Å²) in [6, 6.07) is 0. The van der Waals surface area contributed by atoms with Crippen molar-refractivity contribution in [2.45, 2.75) is 13.0 Å². The fourth-order valence-corrected chi connectivity index (χ4v) is 1.37. The van der Waals surface area contributed by atoms with Crippen LogP contribution in [0.25, 0.3) is 0 Å². The van der Waals surface area contributed by atoms with Gasteiger partial charge in [0.25, 0.3) is 0 Å². The van der Waals surface area contributed by atoms with Crippen LogP contribution in [0, 0.1) is 0 Å². The average Bonchev–Trinajstić information content (AvgIpc) is 2.72. The summed E-state index contributed by atoms with van der Waals surface area (Å²) in [6.45, 7) is 0.856. The number of nitrogens with two attached hydrogens (primary N) is 1. The van der Waals surface area contributed by atoms with E-state index in [4.69, 9.17) is 5.73 Å². The second-order valence-electron chi connectivity index (χ2n) is 3.24. The molecule has 2 N–H and O–H groups in total. The van der Waals surface area contributed by atoms with Crippen LogP contribution in [0.15, 0.2) is 24.9 Å². The van der Waals surface area contributed by atoms with Crippen LogP contribution in [0.5, 0.6) is 0 Å². The lowest BCUT2D eigenvalue weighted by molar-refractivity contribution is 0.650. The molecular formula is C9H13N5. The Morgan fingerprint density at radius 3 is 2.86 bits per heavy atom. The van der Waals surface area contributed by atoms with Crippen molar-refractivity contribution >= 4 is 5.82 Å². The van der Waals surface area contributed by atoms with Gasteiger partial charge in [0.2, 0.25) is 0 Å². The van der Waals surface area contributed by atoms with E-state index in [1.807, 2.05) is 28.6 Å². The van der Waals surface area contributed by atoms with Gasteiger partial charge >= 0.3 is 0 Å². The number of aryl methyl sites for hydroxylation is 3. The molecule has 5 nitrogen and oxygen atoms in total. The van der Waals surface area contributed by atoms with E-state index in [1.165, 1.54) is 0 Å². The molecule has 2 aromatic rings. The number of hydrogen-bond donors (Lipinski definition) is 1. The van der Waals surface area contributed by atoms with E-state index in [0.29, 0.717) is 5.82 Å². The molecule has 0 spiro atoms. The Balaban J connectivity index is 1.98. The molecule has 0 unspecified atom stereocenters. The molecule has 0 fully saturated rings. The first-order chi connectivity index (χ1) is 6.75. The molecule has 74 valence electrons. The first-order valence-corrected chi connectivity index (χ1v) is 4.49. The lowest BCUT2D eigenvalue weighted by Gasteiger charge is -2.02. The second-order valence-corrected chi connectivity index (χ2v) is 3.24. The van der Waals surface area contributed by atoms with Crippen molar-refractivity contribution in [3.8, 4) is 0 Å². The first kappa shape index (κ1) is 8.80. The maximum Gasteiger partial charge on any atom is 0.141 e. The molecule has 0 aromatic carbocycles. The van der Waals surface area contributed by atoms with Crippen molar-refractivity contribution in [3.05, 3.63) is 30.7 Å². The number of nitrogens with zero attached hydrogens (tertiary/aromatic N) is 4. The van der Waals surface area contributed by atoms with Crippen LogP contribution in [-0.4, -0.2) is 19.1 Å². The fraction of sp³-hybridized carbons (Fsp3) is 0.333. The van der Waals surface area contributed by atoms with Crippen molar-refractivity contribution < 1.29 is 0 Å². The van der Waals surface area contributed by atoms with Gasteiger partial charge in [-0.25, -0.2) is 9.97 Å². The van der Waals surface area contributed by atoms with Crippen LogP contribution in [0.3, 0.4) is 0 Å². The van der Waals surface area contributed by atoms with Gasteiger partial charge in [-0.2, -0.15) is 0 Å². The monoisotopic (exact) mass is 191 g/mol. The van der Waals surface area contributed by atoms with Gasteiger partial charge in [-0.1, -0.05) is 0 Å². The number of rotatable bonds is 3. The molecule has 5 heteroatoms. The predicted molar refractivity (Wildman–Crippen MR) is 53.6 cm³/mol. The van der Waals surface area contributed by atoms with Gasteiger partial charge in [-0.05, 0) is 0 Å². The minimum Gasteiger partial charge on any atom is -0.382 e. The molecular weight excluding hydrogens is 178 g/mol. The van der Waals surface area contributed by atoms with Gasteiger partial charge in [0.1, 0.15) is 11.6 Å². The minimum atomic E-state index is 0.560. The van der Waals surface area contributed by atoms with E-state index in [-0.39, 0.29) is 0 Å². The molecule has 2 aromatic heterocycles. The topological polar surface area (TPSA) is 61.7 Å². The van der Waals surface area contributed by atoms with Crippen molar-refractivity contribution in [1.82, 2.24) is 19.1 Å². The van der Waals surface area contributed by atoms with Gasteiger partial charge in [-0.15, -0.1) is 0 Å². The third-order valence-electron chi connectivity index (χ3n) is 2.17. The van der Waals surface area contributed by atoms with Gasteiger partial charge in [-0.3, -0.25) is 0 Å². The summed E-state index contributed by atoms with van der Waals surface area (Å²) in [5.74, 6) is 1.63. The highest BCUT2D eigenvalue weighted by Crippen LogP contribution is 2.01. The molecule has 0 bridgehead atoms. The highest BCUT2D eigenvalue weighted by molar-refractivity contribution is 5.22.